The van der Waals surface area contributed by atoms with Crippen LogP contribution in [0, 0.1) is 5.41 Å². The minimum absolute atomic E-state index is 0.00142. The molecule has 0 saturated carbocycles. The summed E-state index contributed by atoms with van der Waals surface area (Å²) in [6.45, 7) is 0.614. The molecule has 1 aliphatic carbocycles. The van der Waals surface area contributed by atoms with Crippen molar-refractivity contribution in [2.24, 2.45) is 5.41 Å². The van der Waals surface area contributed by atoms with E-state index in [1.807, 2.05) is 54.6 Å². The first-order valence-electron chi connectivity index (χ1n) is 7.22. The predicted molar refractivity (Wildman–Crippen MR) is 80.3 cm³/mol. The van der Waals surface area contributed by atoms with Crippen molar-refractivity contribution in [1.82, 2.24) is 0 Å². The SMILES string of the molecule is O=C1c2ccccc2CC12CCN(c1ccccc1)C2=O. The molecule has 1 heterocycles. The first-order valence-corrected chi connectivity index (χ1v) is 7.22. The largest absolute Gasteiger partial charge is 0.311 e. The van der Waals surface area contributed by atoms with Gasteiger partial charge >= 0.3 is 0 Å². The Morgan fingerprint density at radius 2 is 1.62 bits per heavy atom. The van der Waals surface area contributed by atoms with Gasteiger partial charge in [0.2, 0.25) is 5.91 Å². The van der Waals surface area contributed by atoms with Crippen LogP contribution in [0.1, 0.15) is 22.3 Å². The maximum Gasteiger partial charge on any atom is 0.241 e. The van der Waals surface area contributed by atoms with E-state index < -0.39 is 5.41 Å². The number of benzene rings is 2. The molecule has 3 heteroatoms. The molecule has 21 heavy (non-hydrogen) atoms. The van der Waals surface area contributed by atoms with Gasteiger partial charge in [-0.3, -0.25) is 9.59 Å². The Labute approximate surface area is 123 Å². The molecule has 0 aromatic heterocycles. The Morgan fingerprint density at radius 1 is 0.905 bits per heavy atom. The summed E-state index contributed by atoms with van der Waals surface area (Å²) in [6.07, 6.45) is 1.15. The lowest BCUT2D eigenvalue weighted by Gasteiger charge is -2.21. The van der Waals surface area contributed by atoms with Crippen molar-refractivity contribution in [3.63, 3.8) is 0 Å². The highest BCUT2D eigenvalue weighted by Gasteiger charge is 2.56. The molecule has 1 fully saturated rings. The molecule has 1 atom stereocenters. The number of hydrogen-bond donors (Lipinski definition) is 0. The van der Waals surface area contributed by atoms with E-state index >= 15 is 0 Å². The number of carbonyl (C=O) groups is 2. The van der Waals surface area contributed by atoms with Crippen molar-refractivity contribution in [3.05, 3.63) is 65.7 Å². The summed E-state index contributed by atoms with van der Waals surface area (Å²) in [5.41, 5.74) is 1.74. The van der Waals surface area contributed by atoms with Gasteiger partial charge in [0, 0.05) is 17.8 Å². The molecule has 1 amide bonds. The molecular weight excluding hydrogens is 262 g/mol. The van der Waals surface area contributed by atoms with E-state index in [0.717, 1.165) is 16.8 Å². The minimum Gasteiger partial charge on any atom is -0.311 e. The third kappa shape index (κ3) is 1.60. The van der Waals surface area contributed by atoms with Gasteiger partial charge < -0.3 is 4.90 Å². The van der Waals surface area contributed by atoms with Crippen LogP contribution in [0.25, 0.3) is 0 Å². The number of rotatable bonds is 1. The molecule has 1 aliphatic heterocycles. The van der Waals surface area contributed by atoms with Gasteiger partial charge in [0.1, 0.15) is 5.41 Å². The molecule has 1 unspecified atom stereocenters. The number of carbonyl (C=O) groups excluding carboxylic acids is 2. The summed E-state index contributed by atoms with van der Waals surface area (Å²) in [6, 6.07) is 17.2. The van der Waals surface area contributed by atoms with E-state index in [4.69, 9.17) is 0 Å². The lowest BCUT2D eigenvalue weighted by atomic mass is 9.82. The van der Waals surface area contributed by atoms with Crippen LogP contribution in [0.15, 0.2) is 54.6 Å². The van der Waals surface area contributed by atoms with Crippen LogP contribution in [0.5, 0.6) is 0 Å². The second-order valence-corrected chi connectivity index (χ2v) is 5.79. The fraction of sp³-hybridized carbons (Fsp3) is 0.222. The number of anilines is 1. The van der Waals surface area contributed by atoms with Crippen molar-refractivity contribution in [2.75, 3.05) is 11.4 Å². The highest BCUT2D eigenvalue weighted by molar-refractivity contribution is 6.22. The monoisotopic (exact) mass is 277 g/mol. The van der Waals surface area contributed by atoms with Gasteiger partial charge in [-0.1, -0.05) is 42.5 Å². The van der Waals surface area contributed by atoms with Crippen molar-refractivity contribution in [2.45, 2.75) is 12.8 Å². The van der Waals surface area contributed by atoms with E-state index in [0.29, 0.717) is 19.4 Å². The summed E-state index contributed by atoms with van der Waals surface area (Å²) in [5.74, 6) is -0.0450. The molecule has 104 valence electrons. The Balaban J connectivity index is 1.73. The van der Waals surface area contributed by atoms with E-state index in [-0.39, 0.29) is 11.7 Å². The number of amides is 1. The van der Waals surface area contributed by atoms with Crippen molar-refractivity contribution in [1.29, 1.82) is 0 Å². The van der Waals surface area contributed by atoms with Gasteiger partial charge in [-0.05, 0) is 30.5 Å². The molecule has 0 N–H and O–H groups in total. The highest BCUT2D eigenvalue weighted by atomic mass is 16.2. The van der Waals surface area contributed by atoms with E-state index in [9.17, 15) is 9.59 Å². The maximum absolute atomic E-state index is 12.9. The van der Waals surface area contributed by atoms with Crippen molar-refractivity contribution < 1.29 is 9.59 Å². The van der Waals surface area contributed by atoms with Crippen LogP contribution in [0.2, 0.25) is 0 Å². The third-order valence-electron chi connectivity index (χ3n) is 4.67. The summed E-state index contributed by atoms with van der Waals surface area (Å²) >= 11 is 0. The fourth-order valence-electron chi connectivity index (χ4n) is 3.56. The van der Waals surface area contributed by atoms with Gasteiger partial charge in [0.05, 0.1) is 0 Å². The highest BCUT2D eigenvalue weighted by Crippen LogP contribution is 2.45. The number of nitrogens with zero attached hydrogens (tertiary/aromatic N) is 1. The number of Topliss-reactive ketones (excluding diaryl/α,β-unsaturated/α-hetero) is 1. The normalized spacial score (nSPS) is 23.9. The topological polar surface area (TPSA) is 37.4 Å². The molecule has 1 saturated heterocycles. The Hall–Kier alpha value is -2.42. The molecular formula is C18H15NO2. The number of hydrogen-bond acceptors (Lipinski definition) is 2. The van der Waals surface area contributed by atoms with E-state index in [1.165, 1.54) is 0 Å². The van der Waals surface area contributed by atoms with Crippen molar-refractivity contribution in [3.8, 4) is 0 Å². The van der Waals surface area contributed by atoms with Gasteiger partial charge in [-0.2, -0.15) is 0 Å². The molecule has 2 aliphatic rings. The first kappa shape index (κ1) is 12.3. The number of ketones is 1. The average molecular weight is 277 g/mol. The second kappa shape index (κ2) is 4.29. The zero-order valence-corrected chi connectivity index (χ0v) is 11.6. The molecule has 4 rings (SSSR count). The van der Waals surface area contributed by atoms with Gasteiger partial charge in [-0.25, -0.2) is 0 Å². The van der Waals surface area contributed by atoms with Crippen LogP contribution in [0.3, 0.4) is 0 Å². The van der Waals surface area contributed by atoms with Crippen LogP contribution in [-0.2, 0) is 11.2 Å². The lowest BCUT2D eigenvalue weighted by Crippen LogP contribution is -2.38. The van der Waals surface area contributed by atoms with Crippen LogP contribution in [-0.4, -0.2) is 18.2 Å². The predicted octanol–water partition coefficient (Wildman–Crippen LogP) is 2.85. The average Bonchev–Trinajstić information content (AvgIpc) is 3.01. The zero-order valence-electron chi connectivity index (χ0n) is 11.6. The van der Waals surface area contributed by atoms with Gasteiger partial charge in [0.15, 0.2) is 5.78 Å². The summed E-state index contributed by atoms with van der Waals surface area (Å²) in [7, 11) is 0. The lowest BCUT2D eigenvalue weighted by molar-refractivity contribution is -0.123. The van der Waals surface area contributed by atoms with Gasteiger partial charge in [-0.15, -0.1) is 0 Å². The van der Waals surface area contributed by atoms with E-state index in [1.54, 1.807) is 4.90 Å². The third-order valence-corrected chi connectivity index (χ3v) is 4.67. The molecule has 0 radical (unpaired) electrons. The summed E-state index contributed by atoms with van der Waals surface area (Å²) in [5, 5.41) is 0. The zero-order chi connectivity index (χ0) is 14.4. The molecule has 0 bridgehead atoms. The van der Waals surface area contributed by atoms with Crippen LogP contribution in [0.4, 0.5) is 5.69 Å². The van der Waals surface area contributed by atoms with Gasteiger partial charge in [0.25, 0.3) is 0 Å². The standard InChI is InChI=1S/C18H15NO2/c20-16-15-9-5-4-6-13(15)12-18(16)10-11-19(17(18)21)14-7-2-1-3-8-14/h1-9H,10-12H2. The quantitative estimate of drug-likeness (QED) is 0.752. The Bertz CT molecular complexity index is 738. The smallest absolute Gasteiger partial charge is 0.241 e. The molecule has 2 aromatic rings. The van der Waals surface area contributed by atoms with E-state index in [2.05, 4.69) is 0 Å². The maximum atomic E-state index is 12.9. The minimum atomic E-state index is -0.862. The summed E-state index contributed by atoms with van der Waals surface area (Å²) in [4.78, 5) is 27.4. The van der Waals surface area contributed by atoms with Crippen molar-refractivity contribution >= 4 is 17.4 Å². The summed E-state index contributed by atoms with van der Waals surface area (Å²) < 4.78 is 0. The Kier molecular flexibility index (Phi) is 2.52. The van der Waals surface area contributed by atoms with Crippen LogP contribution < -0.4 is 4.90 Å². The first-order chi connectivity index (χ1) is 10.2. The fourth-order valence-corrected chi connectivity index (χ4v) is 3.56. The van der Waals surface area contributed by atoms with Crippen LogP contribution >= 0.6 is 0 Å². The molecule has 2 aromatic carbocycles. The number of para-hydroxylation sites is 1. The Morgan fingerprint density at radius 3 is 2.38 bits per heavy atom. The molecule has 3 nitrogen and oxygen atoms in total. The molecule has 1 spiro atoms. The number of fused-ring (bicyclic) bond motifs is 1. The second-order valence-electron chi connectivity index (χ2n) is 5.79.